The minimum Gasteiger partial charge on any atom is -0.119 e. The van der Waals surface area contributed by atoms with Crippen molar-refractivity contribution >= 4 is 8.58 Å². The van der Waals surface area contributed by atoms with Crippen LogP contribution in [0.3, 0.4) is 0 Å². The number of hydrogen-bond acceptors (Lipinski definition) is 0. The fourth-order valence-electron chi connectivity index (χ4n) is 2.30. The molecule has 13 heavy (non-hydrogen) atoms. The van der Waals surface area contributed by atoms with Crippen LogP contribution in [0.2, 0.25) is 0 Å². The second kappa shape index (κ2) is 7.80. The van der Waals surface area contributed by atoms with Crippen LogP contribution < -0.4 is 0 Å². The van der Waals surface area contributed by atoms with Gasteiger partial charge >= 0.3 is 0 Å². The van der Waals surface area contributed by atoms with Crippen molar-refractivity contribution in [1.29, 1.82) is 0 Å². The average Bonchev–Trinajstić information content (AvgIpc) is 2.16. The van der Waals surface area contributed by atoms with Gasteiger partial charge in [0, 0.05) is 0 Å². The van der Waals surface area contributed by atoms with E-state index in [1.165, 1.54) is 72.5 Å². The molecule has 0 radical (unpaired) electrons. The molecule has 1 rings (SSSR count). The van der Waals surface area contributed by atoms with Crippen LogP contribution in [0.4, 0.5) is 0 Å². The highest BCUT2D eigenvalue weighted by Crippen LogP contribution is 2.29. The van der Waals surface area contributed by atoms with E-state index in [0.717, 1.165) is 5.66 Å². The van der Waals surface area contributed by atoms with Gasteiger partial charge in [-0.15, -0.1) is 8.58 Å². The number of hydrogen-bond donors (Lipinski definition) is 0. The summed E-state index contributed by atoms with van der Waals surface area (Å²) in [5.74, 6) is 0. The zero-order chi connectivity index (χ0) is 9.36. The van der Waals surface area contributed by atoms with Crippen molar-refractivity contribution in [1.82, 2.24) is 0 Å². The Balaban J connectivity index is 2.18. The molecule has 0 nitrogen and oxygen atoms in total. The molecule has 0 bridgehead atoms. The predicted molar refractivity (Wildman–Crippen MR) is 64.2 cm³/mol. The molecular formula is C12H25P. The largest absolute Gasteiger partial charge is 0.119 e. The molecule has 1 aliphatic rings. The van der Waals surface area contributed by atoms with Crippen molar-refractivity contribution in [3.05, 3.63) is 0 Å². The highest BCUT2D eigenvalue weighted by molar-refractivity contribution is 7.38. The van der Waals surface area contributed by atoms with E-state index in [1.807, 2.05) is 0 Å². The second-order valence-electron chi connectivity index (χ2n) is 4.31. The second-order valence-corrected chi connectivity index (χ2v) is 6.24. The monoisotopic (exact) mass is 200 g/mol. The van der Waals surface area contributed by atoms with E-state index in [1.54, 1.807) is 0 Å². The molecule has 0 aromatic heterocycles. The average molecular weight is 200 g/mol. The van der Waals surface area contributed by atoms with Gasteiger partial charge in [0.1, 0.15) is 0 Å². The SMILES string of the molecule is CCPC1CCCCCCCCC1. The van der Waals surface area contributed by atoms with Crippen molar-refractivity contribution in [2.75, 3.05) is 6.16 Å². The van der Waals surface area contributed by atoms with E-state index >= 15 is 0 Å². The first-order chi connectivity index (χ1) is 6.43. The predicted octanol–water partition coefficient (Wildman–Crippen LogP) is 4.58. The minimum absolute atomic E-state index is 1.10. The lowest BCUT2D eigenvalue weighted by Crippen LogP contribution is -2.02. The van der Waals surface area contributed by atoms with Crippen molar-refractivity contribution < 1.29 is 0 Å². The fraction of sp³-hybridized carbons (Fsp3) is 1.00. The Morgan fingerprint density at radius 2 is 1.31 bits per heavy atom. The topological polar surface area (TPSA) is 0 Å². The lowest BCUT2D eigenvalue weighted by Gasteiger charge is -2.17. The quantitative estimate of drug-likeness (QED) is 0.572. The van der Waals surface area contributed by atoms with Gasteiger partial charge in [-0.25, -0.2) is 0 Å². The zero-order valence-corrected chi connectivity index (χ0v) is 10.1. The summed E-state index contributed by atoms with van der Waals surface area (Å²) < 4.78 is 0. The van der Waals surface area contributed by atoms with Gasteiger partial charge in [-0.1, -0.05) is 51.9 Å². The molecule has 78 valence electrons. The number of rotatable bonds is 2. The van der Waals surface area contributed by atoms with Gasteiger partial charge in [-0.2, -0.15) is 0 Å². The molecule has 0 saturated heterocycles. The molecule has 0 aromatic rings. The molecule has 1 unspecified atom stereocenters. The van der Waals surface area contributed by atoms with Gasteiger partial charge in [0.25, 0.3) is 0 Å². The molecule has 0 amide bonds. The van der Waals surface area contributed by atoms with E-state index in [9.17, 15) is 0 Å². The molecule has 1 heteroatoms. The maximum Gasteiger partial charge on any atom is -0.0237 e. The van der Waals surface area contributed by atoms with Crippen LogP contribution >= 0.6 is 8.58 Å². The summed E-state index contributed by atoms with van der Waals surface area (Å²) in [6, 6.07) is 0. The van der Waals surface area contributed by atoms with Crippen LogP contribution in [0.15, 0.2) is 0 Å². The lowest BCUT2D eigenvalue weighted by atomic mass is 10.0. The van der Waals surface area contributed by atoms with Crippen molar-refractivity contribution in [2.45, 2.75) is 70.4 Å². The molecular weight excluding hydrogens is 175 g/mol. The van der Waals surface area contributed by atoms with Crippen LogP contribution in [-0.2, 0) is 0 Å². The maximum atomic E-state index is 2.34. The molecule has 1 fully saturated rings. The first-order valence-corrected chi connectivity index (χ1v) is 7.45. The van der Waals surface area contributed by atoms with E-state index in [2.05, 4.69) is 6.92 Å². The summed E-state index contributed by atoms with van der Waals surface area (Å²) in [5, 5.41) is 0. The Morgan fingerprint density at radius 3 is 1.77 bits per heavy atom. The molecule has 1 saturated carbocycles. The highest BCUT2D eigenvalue weighted by Gasteiger charge is 2.08. The van der Waals surface area contributed by atoms with E-state index in [-0.39, 0.29) is 0 Å². The van der Waals surface area contributed by atoms with Gasteiger partial charge < -0.3 is 0 Å². The molecule has 0 N–H and O–H groups in total. The molecule has 0 aromatic carbocycles. The molecule has 1 aliphatic carbocycles. The molecule has 0 aliphatic heterocycles. The summed E-state index contributed by atoms with van der Waals surface area (Å²) >= 11 is 0. The zero-order valence-electron chi connectivity index (χ0n) is 9.15. The van der Waals surface area contributed by atoms with Gasteiger partial charge in [-0.05, 0) is 24.7 Å². The third-order valence-electron chi connectivity index (χ3n) is 3.10. The molecule has 0 heterocycles. The fourth-order valence-corrected chi connectivity index (χ4v) is 3.70. The standard InChI is InChI=1S/C12H25P/c1-2-13-12-10-8-6-4-3-5-7-9-11-12/h12-13H,2-11H2,1H3. The van der Waals surface area contributed by atoms with Gasteiger partial charge in [-0.3, -0.25) is 0 Å². The third-order valence-corrected chi connectivity index (χ3v) is 4.66. The normalized spacial score (nSPS) is 23.8. The van der Waals surface area contributed by atoms with Crippen LogP contribution in [0.1, 0.15) is 64.7 Å². The van der Waals surface area contributed by atoms with Gasteiger partial charge in [0.15, 0.2) is 0 Å². The summed E-state index contributed by atoms with van der Waals surface area (Å²) in [6.07, 6.45) is 15.0. The van der Waals surface area contributed by atoms with Crippen LogP contribution in [0.5, 0.6) is 0 Å². The highest BCUT2D eigenvalue weighted by atomic mass is 31.1. The maximum absolute atomic E-state index is 2.34. The van der Waals surface area contributed by atoms with Crippen LogP contribution in [0.25, 0.3) is 0 Å². The summed E-state index contributed by atoms with van der Waals surface area (Å²) in [7, 11) is 1.25. The van der Waals surface area contributed by atoms with Gasteiger partial charge in [0.05, 0.1) is 0 Å². The molecule has 1 atom stereocenters. The van der Waals surface area contributed by atoms with Crippen LogP contribution in [0, 0.1) is 0 Å². The molecule has 0 spiro atoms. The Kier molecular flexibility index (Phi) is 6.90. The Labute approximate surface area is 85.7 Å². The smallest absolute Gasteiger partial charge is 0.0237 e. The van der Waals surface area contributed by atoms with Crippen molar-refractivity contribution in [3.8, 4) is 0 Å². The van der Waals surface area contributed by atoms with Crippen molar-refractivity contribution in [3.63, 3.8) is 0 Å². The van der Waals surface area contributed by atoms with Crippen LogP contribution in [-0.4, -0.2) is 11.8 Å². The minimum atomic E-state index is 1.10. The first kappa shape index (κ1) is 11.5. The lowest BCUT2D eigenvalue weighted by molar-refractivity contribution is 0.509. The van der Waals surface area contributed by atoms with Gasteiger partial charge in [0.2, 0.25) is 0 Å². The summed E-state index contributed by atoms with van der Waals surface area (Å²) in [4.78, 5) is 0. The summed E-state index contributed by atoms with van der Waals surface area (Å²) in [6.45, 7) is 2.34. The Morgan fingerprint density at radius 1 is 0.846 bits per heavy atom. The van der Waals surface area contributed by atoms with Crippen molar-refractivity contribution in [2.24, 2.45) is 0 Å². The van der Waals surface area contributed by atoms with E-state index < -0.39 is 0 Å². The summed E-state index contributed by atoms with van der Waals surface area (Å²) in [5.41, 5.74) is 1.10. The van der Waals surface area contributed by atoms with E-state index in [4.69, 9.17) is 0 Å². The Hall–Kier alpha value is 0.430. The third kappa shape index (κ3) is 5.68. The first-order valence-electron chi connectivity index (χ1n) is 6.17. The van der Waals surface area contributed by atoms with E-state index in [0.29, 0.717) is 0 Å². The Bertz CT molecular complexity index is 102.